The molecule has 0 heterocycles. The van der Waals surface area contributed by atoms with Crippen molar-refractivity contribution in [1.82, 2.24) is 0 Å². The van der Waals surface area contributed by atoms with Crippen LogP contribution in [0.5, 0.6) is 0 Å². The molecule has 0 bridgehead atoms. The Bertz CT molecular complexity index is 465. The number of carbonyl (C=O) groups excluding carboxylic acids is 1. The summed E-state index contributed by atoms with van der Waals surface area (Å²) in [5.41, 5.74) is 9.96. The van der Waals surface area contributed by atoms with Gasteiger partial charge < -0.3 is 15.0 Å². The third-order valence-corrected chi connectivity index (χ3v) is 2.14. The standard InChI is InChI=1S/C13H14N2O3/c1-2-7-17-9-11-5-3-4-6-12(11)10-18-13(16)8-15-14/h2-6,8H,1,7,9-10H2. The quantitative estimate of drug-likeness (QED) is 0.184. The molecule has 94 valence electrons. The van der Waals surface area contributed by atoms with Crippen molar-refractivity contribution in [2.75, 3.05) is 6.61 Å². The second-order valence-electron chi connectivity index (χ2n) is 3.42. The van der Waals surface area contributed by atoms with Crippen molar-refractivity contribution in [3.05, 3.63) is 53.6 Å². The van der Waals surface area contributed by atoms with Gasteiger partial charge in [0.25, 0.3) is 0 Å². The van der Waals surface area contributed by atoms with E-state index in [0.29, 0.717) is 19.4 Å². The summed E-state index contributed by atoms with van der Waals surface area (Å²) < 4.78 is 10.2. The van der Waals surface area contributed by atoms with Crippen LogP contribution in [0.3, 0.4) is 0 Å². The van der Waals surface area contributed by atoms with E-state index in [0.717, 1.165) is 11.1 Å². The fourth-order valence-corrected chi connectivity index (χ4v) is 1.32. The van der Waals surface area contributed by atoms with Crippen LogP contribution in [0.15, 0.2) is 36.9 Å². The fraction of sp³-hybridized carbons (Fsp3) is 0.231. The molecule has 0 aliphatic rings. The minimum atomic E-state index is -0.695. The van der Waals surface area contributed by atoms with E-state index in [1.807, 2.05) is 24.3 Å². The number of carbonyl (C=O) groups is 1. The smallest absolute Gasteiger partial charge is 0.413 e. The summed E-state index contributed by atoms with van der Waals surface area (Å²) in [6.07, 6.45) is 2.37. The Morgan fingerprint density at radius 2 is 2.00 bits per heavy atom. The monoisotopic (exact) mass is 246 g/mol. The van der Waals surface area contributed by atoms with Crippen LogP contribution in [0.2, 0.25) is 0 Å². The lowest BCUT2D eigenvalue weighted by Gasteiger charge is -2.08. The zero-order valence-electron chi connectivity index (χ0n) is 9.91. The molecule has 18 heavy (non-hydrogen) atoms. The molecule has 0 N–H and O–H groups in total. The highest BCUT2D eigenvalue weighted by atomic mass is 16.5. The van der Waals surface area contributed by atoms with E-state index >= 15 is 0 Å². The van der Waals surface area contributed by atoms with Crippen LogP contribution < -0.4 is 0 Å². The van der Waals surface area contributed by atoms with Gasteiger partial charge in [0.2, 0.25) is 0 Å². The van der Waals surface area contributed by atoms with E-state index in [1.54, 1.807) is 6.08 Å². The average molecular weight is 246 g/mol. The molecule has 0 aliphatic heterocycles. The highest BCUT2D eigenvalue weighted by Gasteiger charge is 2.07. The normalized spacial score (nSPS) is 9.33. The first-order valence-corrected chi connectivity index (χ1v) is 5.37. The lowest BCUT2D eigenvalue weighted by atomic mass is 10.1. The minimum absolute atomic E-state index is 0.110. The molecule has 0 atom stereocenters. The van der Waals surface area contributed by atoms with Gasteiger partial charge in [-0.15, -0.1) is 6.58 Å². The van der Waals surface area contributed by atoms with Crippen LogP contribution in [0.4, 0.5) is 0 Å². The molecule has 1 aromatic rings. The molecule has 0 saturated carbocycles. The predicted octanol–water partition coefficient (Wildman–Crippen LogP) is 1.73. The summed E-state index contributed by atoms with van der Waals surface area (Å²) >= 11 is 0. The van der Waals surface area contributed by atoms with Crippen molar-refractivity contribution < 1.29 is 19.1 Å². The summed E-state index contributed by atoms with van der Waals surface area (Å²) in [5, 5.41) is 0. The van der Waals surface area contributed by atoms with Gasteiger partial charge in [0.15, 0.2) is 0 Å². The summed E-state index contributed by atoms with van der Waals surface area (Å²) in [6, 6.07) is 7.47. The van der Waals surface area contributed by atoms with E-state index in [1.165, 1.54) is 0 Å². The van der Waals surface area contributed by atoms with Crippen molar-refractivity contribution in [3.63, 3.8) is 0 Å². The van der Waals surface area contributed by atoms with Gasteiger partial charge in [0, 0.05) is 0 Å². The van der Waals surface area contributed by atoms with Gasteiger partial charge in [-0.2, -0.15) is 4.79 Å². The van der Waals surface area contributed by atoms with Crippen molar-refractivity contribution in [3.8, 4) is 0 Å². The number of hydrogen-bond donors (Lipinski definition) is 0. The number of rotatable bonds is 7. The van der Waals surface area contributed by atoms with Crippen molar-refractivity contribution in [2.45, 2.75) is 13.2 Å². The van der Waals surface area contributed by atoms with E-state index in [-0.39, 0.29) is 6.61 Å². The first-order valence-electron chi connectivity index (χ1n) is 5.37. The molecule has 0 unspecified atom stereocenters. The Labute approximate surface area is 105 Å². The SMILES string of the molecule is C=CCOCc1ccccc1COC(=O)C=[N+]=[N-]. The summed E-state index contributed by atoms with van der Waals surface area (Å²) in [4.78, 5) is 13.6. The average Bonchev–Trinajstić information content (AvgIpc) is 2.38. The number of hydrogen-bond acceptors (Lipinski definition) is 3. The van der Waals surface area contributed by atoms with E-state index in [2.05, 4.69) is 11.4 Å². The Morgan fingerprint density at radius 3 is 2.61 bits per heavy atom. The Morgan fingerprint density at radius 1 is 1.33 bits per heavy atom. The molecule has 0 aliphatic carbocycles. The lowest BCUT2D eigenvalue weighted by molar-refractivity contribution is -0.140. The first kappa shape index (κ1) is 13.8. The highest BCUT2D eigenvalue weighted by molar-refractivity contribution is 6.20. The molecular formula is C13H14N2O3. The lowest BCUT2D eigenvalue weighted by Crippen LogP contribution is -2.08. The second-order valence-corrected chi connectivity index (χ2v) is 3.42. The van der Waals surface area contributed by atoms with Crippen LogP contribution in [0, 0.1) is 0 Å². The number of esters is 1. The molecule has 5 nitrogen and oxygen atoms in total. The van der Waals surface area contributed by atoms with E-state index in [4.69, 9.17) is 15.0 Å². The number of nitrogens with zero attached hydrogens (tertiary/aromatic N) is 2. The minimum Gasteiger partial charge on any atom is -0.452 e. The first-order chi connectivity index (χ1) is 8.77. The molecule has 0 radical (unpaired) electrons. The molecule has 1 rings (SSSR count). The summed E-state index contributed by atoms with van der Waals surface area (Å²) in [7, 11) is 0. The summed E-state index contributed by atoms with van der Waals surface area (Å²) in [6.45, 7) is 4.56. The zero-order valence-corrected chi connectivity index (χ0v) is 9.91. The van der Waals surface area contributed by atoms with Crippen molar-refractivity contribution in [2.24, 2.45) is 0 Å². The van der Waals surface area contributed by atoms with Gasteiger partial charge in [0.1, 0.15) is 6.61 Å². The molecule has 1 aromatic carbocycles. The topological polar surface area (TPSA) is 71.9 Å². The number of benzene rings is 1. The zero-order chi connectivity index (χ0) is 13.2. The largest absolute Gasteiger partial charge is 0.452 e. The van der Waals surface area contributed by atoms with Gasteiger partial charge in [-0.05, 0) is 11.1 Å². The van der Waals surface area contributed by atoms with Gasteiger partial charge in [-0.25, -0.2) is 4.79 Å². The Hall–Kier alpha value is -2.23. The molecule has 0 aromatic heterocycles. The van der Waals surface area contributed by atoms with Crippen molar-refractivity contribution >= 4 is 12.2 Å². The predicted molar refractivity (Wildman–Crippen MR) is 65.8 cm³/mol. The molecule has 5 heteroatoms. The van der Waals surface area contributed by atoms with Crippen LogP contribution >= 0.6 is 0 Å². The molecule has 0 amide bonds. The third-order valence-electron chi connectivity index (χ3n) is 2.14. The summed E-state index contributed by atoms with van der Waals surface area (Å²) in [5.74, 6) is -0.695. The Kier molecular flexibility index (Phi) is 6.11. The van der Waals surface area contributed by atoms with Gasteiger partial charge in [-0.3, -0.25) is 0 Å². The van der Waals surface area contributed by atoms with Crippen LogP contribution in [0.25, 0.3) is 5.53 Å². The van der Waals surface area contributed by atoms with Crippen LogP contribution in [-0.2, 0) is 27.5 Å². The van der Waals surface area contributed by atoms with E-state index < -0.39 is 5.97 Å². The fourth-order valence-electron chi connectivity index (χ4n) is 1.32. The van der Waals surface area contributed by atoms with E-state index in [9.17, 15) is 4.79 Å². The Balaban J connectivity index is 2.60. The maximum absolute atomic E-state index is 11.0. The van der Waals surface area contributed by atoms with Crippen molar-refractivity contribution in [1.29, 1.82) is 0 Å². The van der Waals surface area contributed by atoms with Crippen LogP contribution in [-0.4, -0.2) is 23.6 Å². The molecule has 0 saturated heterocycles. The molecule has 0 spiro atoms. The maximum atomic E-state index is 11.0. The third kappa shape index (κ3) is 4.74. The molecule has 0 fully saturated rings. The maximum Gasteiger partial charge on any atom is 0.413 e. The van der Waals surface area contributed by atoms with Gasteiger partial charge >= 0.3 is 12.2 Å². The van der Waals surface area contributed by atoms with Gasteiger partial charge in [-0.1, -0.05) is 30.3 Å². The van der Waals surface area contributed by atoms with Crippen LogP contribution in [0.1, 0.15) is 11.1 Å². The highest BCUT2D eigenvalue weighted by Crippen LogP contribution is 2.11. The van der Waals surface area contributed by atoms with Gasteiger partial charge in [0.05, 0.1) is 13.2 Å². The molecular weight excluding hydrogens is 232 g/mol. The second kappa shape index (κ2) is 7.95. The number of ether oxygens (including phenoxy) is 2.